The number of aliphatic hydroxyl groups is 1. The van der Waals surface area contributed by atoms with Gasteiger partial charge in [-0.25, -0.2) is 0 Å². The first-order valence-electron chi connectivity index (χ1n) is 4.71. The zero-order chi connectivity index (χ0) is 10.1. The predicted molar refractivity (Wildman–Crippen MR) is 59.0 cm³/mol. The van der Waals surface area contributed by atoms with Crippen molar-refractivity contribution in [2.45, 2.75) is 23.8 Å². The molecule has 1 aliphatic rings. The molecule has 0 fully saturated rings. The van der Waals surface area contributed by atoms with Gasteiger partial charge in [0.1, 0.15) is 5.75 Å². The summed E-state index contributed by atoms with van der Waals surface area (Å²) in [4.78, 5) is 0.184. The van der Waals surface area contributed by atoms with Gasteiger partial charge in [-0.1, -0.05) is 22.0 Å². The lowest BCUT2D eigenvalue weighted by Gasteiger charge is -2.26. The van der Waals surface area contributed by atoms with Gasteiger partial charge in [0.2, 0.25) is 0 Å². The third-order valence-electron chi connectivity index (χ3n) is 2.70. The maximum atomic E-state index is 9.91. The van der Waals surface area contributed by atoms with E-state index in [1.165, 1.54) is 5.56 Å². The molecule has 0 heterocycles. The van der Waals surface area contributed by atoms with Crippen molar-refractivity contribution in [3.8, 4) is 5.75 Å². The largest absolute Gasteiger partial charge is 0.497 e. The normalized spacial score (nSPS) is 25.6. The summed E-state index contributed by atoms with van der Waals surface area (Å²) < 4.78 is 5.15. The molecule has 14 heavy (non-hydrogen) atoms. The van der Waals surface area contributed by atoms with Crippen molar-refractivity contribution >= 4 is 15.9 Å². The van der Waals surface area contributed by atoms with Crippen molar-refractivity contribution < 1.29 is 9.84 Å². The highest BCUT2D eigenvalue weighted by Gasteiger charge is 2.25. The second kappa shape index (κ2) is 3.91. The standard InChI is InChI=1S/C11H13BrO2/c1-14-8-3-4-9-7(6-8)2-5-10(12)11(9)13/h3-4,6,10-11,13H,2,5H2,1H3/t10-,11+/m1/s1. The lowest BCUT2D eigenvalue weighted by molar-refractivity contribution is 0.165. The van der Waals surface area contributed by atoms with Crippen molar-refractivity contribution in [2.24, 2.45) is 0 Å². The fourth-order valence-electron chi connectivity index (χ4n) is 1.86. The molecule has 0 amide bonds. The average molecular weight is 257 g/mol. The van der Waals surface area contributed by atoms with E-state index in [2.05, 4.69) is 15.9 Å². The van der Waals surface area contributed by atoms with Gasteiger partial charge in [0, 0.05) is 4.83 Å². The molecule has 0 unspecified atom stereocenters. The van der Waals surface area contributed by atoms with Gasteiger partial charge in [-0.05, 0) is 36.1 Å². The summed E-state index contributed by atoms with van der Waals surface area (Å²) in [7, 11) is 1.66. The van der Waals surface area contributed by atoms with E-state index in [9.17, 15) is 5.11 Å². The molecular formula is C11H13BrO2. The Morgan fingerprint density at radius 3 is 3.00 bits per heavy atom. The second-order valence-electron chi connectivity index (χ2n) is 3.56. The minimum atomic E-state index is -0.385. The van der Waals surface area contributed by atoms with Crippen LogP contribution in [0, 0.1) is 0 Å². The Balaban J connectivity index is 2.38. The van der Waals surface area contributed by atoms with Crippen molar-refractivity contribution in [2.75, 3.05) is 7.11 Å². The highest BCUT2D eigenvalue weighted by Crippen LogP contribution is 2.35. The van der Waals surface area contributed by atoms with Crippen LogP contribution in [0.15, 0.2) is 18.2 Å². The summed E-state index contributed by atoms with van der Waals surface area (Å²) in [6.45, 7) is 0. The van der Waals surface area contributed by atoms with Crippen LogP contribution in [0.3, 0.4) is 0 Å². The minimum absolute atomic E-state index is 0.184. The van der Waals surface area contributed by atoms with E-state index < -0.39 is 0 Å². The van der Waals surface area contributed by atoms with Crippen LogP contribution < -0.4 is 4.74 Å². The minimum Gasteiger partial charge on any atom is -0.497 e. The molecule has 0 radical (unpaired) electrons. The van der Waals surface area contributed by atoms with Crippen LogP contribution in [0.25, 0.3) is 0 Å². The molecule has 2 nitrogen and oxygen atoms in total. The van der Waals surface area contributed by atoms with Crippen LogP contribution in [0.5, 0.6) is 5.75 Å². The lowest BCUT2D eigenvalue weighted by Crippen LogP contribution is -2.20. The zero-order valence-electron chi connectivity index (χ0n) is 8.03. The number of hydrogen-bond acceptors (Lipinski definition) is 2. The van der Waals surface area contributed by atoms with E-state index >= 15 is 0 Å². The molecule has 76 valence electrons. The summed E-state index contributed by atoms with van der Waals surface area (Å²) in [5, 5.41) is 9.91. The predicted octanol–water partition coefficient (Wildman–Crippen LogP) is 2.44. The van der Waals surface area contributed by atoms with Crippen LogP contribution in [0.2, 0.25) is 0 Å². The molecule has 2 rings (SSSR count). The Morgan fingerprint density at radius 1 is 1.50 bits per heavy atom. The van der Waals surface area contributed by atoms with E-state index in [1.54, 1.807) is 7.11 Å². The SMILES string of the molecule is COc1ccc2c(c1)CC[C@@H](Br)[C@H]2O. The monoisotopic (exact) mass is 256 g/mol. The number of aliphatic hydroxyl groups excluding tert-OH is 1. The molecule has 0 saturated carbocycles. The summed E-state index contributed by atoms with van der Waals surface area (Å²) in [6.07, 6.45) is 1.59. The van der Waals surface area contributed by atoms with E-state index in [-0.39, 0.29) is 10.9 Å². The van der Waals surface area contributed by atoms with Crippen molar-refractivity contribution in [1.82, 2.24) is 0 Å². The smallest absolute Gasteiger partial charge is 0.119 e. The Labute approximate surface area is 92.0 Å². The second-order valence-corrected chi connectivity index (χ2v) is 4.74. The van der Waals surface area contributed by atoms with E-state index in [4.69, 9.17) is 4.74 Å². The number of methoxy groups -OCH3 is 1. The Bertz CT molecular complexity index is 338. The average Bonchev–Trinajstić information content (AvgIpc) is 2.23. The first-order valence-corrected chi connectivity index (χ1v) is 5.63. The van der Waals surface area contributed by atoms with E-state index in [0.29, 0.717) is 0 Å². The quantitative estimate of drug-likeness (QED) is 0.783. The van der Waals surface area contributed by atoms with Gasteiger partial charge in [-0.15, -0.1) is 0 Å². The Kier molecular flexibility index (Phi) is 2.79. The van der Waals surface area contributed by atoms with Crippen LogP contribution in [-0.4, -0.2) is 17.0 Å². The number of fused-ring (bicyclic) bond motifs is 1. The number of aryl methyl sites for hydroxylation is 1. The summed E-state index contributed by atoms with van der Waals surface area (Å²) >= 11 is 3.48. The number of benzene rings is 1. The number of alkyl halides is 1. The molecule has 3 heteroatoms. The van der Waals surface area contributed by atoms with Crippen LogP contribution in [0.1, 0.15) is 23.7 Å². The molecule has 1 N–H and O–H groups in total. The Hall–Kier alpha value is -0.540. The molecule has 0 saturated heterocycles. The van der Waals surface area contributed by atoms with Crippen LogP contribution in [-0.2, 0) is 6.42 Å². The number of halogens is 1. The topological polar surface area (TPSA) is 29.5 Å². The Morgan fingerprint density at radius 2 is 2.29 bits per heavy atom. The molecule has 0 aliphatic heterocycles. The molecule has 0 aromatic heterocycles. The van der Waals surface area contributed by atoms with Gasteiger partial charge in [0.25, 0.3) is 0 Å². The maximum absolute atomic E-state index is 9.91. The number of rotatable bonds is 1. The van der Waals surface area contributed by atoms with Crippen molar-refractivity contribution in [3.05, 3.63) is 29.3 Å². The van der Waals surface area contributed by atoms with Gasteiger partial charge < -0.3 is 9.84 Å². The van der Waals surface area contributed by atoms with Crippen LogP contribution in [0.4, 0.5) is 0 Å². The summed E-state index contributed by atoms with van der Waals surface area (Å²) in [6, 6.07) is 5.86. The lowest BCUT2D eigenvalue weighted by atomic mass is 9.89. The third-order valence-corrected chi connectivity index (χ3v) is 3.66. The molecule has 0 bridgehead atoms. The summed E-state index contributed by atoms with van der Waals surface area (Å²) in [5.74, 6) is 0.865. The highest BCUT2D eigenvalue weighted by atomic mass is 79.9. The maximum Gasteiger partial charge on any atom is 0.119 e. The fourth-order valence-corrected chi connectivity index (χ4v) is 2.37. The highest BCUT2D eigenvalue weighted by molar-refractivity contribution is 9.09. The van der Waals surface area contributed by atoms with Gasteiger partial charge in [-0.3, -0.25) is 0 Å². The molecule has 1 aliphatic carbocycles. The molecular weight excluding hydrogens is 244 g/mol. The number of ether oxygens (including phenoxy) is 1. The fraction of sp³-hybridized carbons (Fsp3) is 0.455. The van der Waals surface area contributed by atoms with Gasteiger partial charge in [-0.2, -0.15) is 0 Å². The third kappa shape index (κ3) is 1.66. The molecule has 2 atom stereocenters. The van der Waals surface area contributed by atoms with E-state index in [1.807, 2.05) is 18.2 Å². The summed E-state index contributed by atoms with van der Waals surface area (Å²) in [5.41, 5.74) is 2.23. The molecule has 1 aromatic carbocycles. The van der Waals surface area contributed by atoms with Gasteiger partial charge in [0.05, 0.1) is 13.2 Å². The zero-order valence-corrected chi connectivity index (χ0v) is 9.62. The van der Waals surface area contributed by atoms with Crippen molar-refractivity contribution in [3.63, 3.8) is 0 Å². The molecule has 1 aromatic rings. The van der Waals surface area contributed by atoms with Gasteiger partial charge >= 0.3 is 0 Å². The first kappa shape index (κ1) is 9.99. The van der Waals surface area contributed by atoms with Crippen molar-refractivity contribution in [1.29, 1.82) is 0 Å². The molecule has 0 spiro atoms. The first-order chi connectivity index (χ1) is 6.72. The van der Waals surface area contributed by atoms with Crippen LogP contribution >= 0.6 is 15.9 Å². The van der Waals surface area contributed by atoms with Gasteiger partial charge in [0.15, 0.2) is 0 Å². The van der Waals surface area contributed by atoms with E-state index in [0.717, 1.165) is 24.2 Å². The number of hydrogen-bond donors (Lipinski definition) is 1.